The fourth-order valence-electron chi connectivity index (χ4n) is 2.62. The van der Waals surface area contributed by atoms with Crippen molar-refractivity contribution in [2.24, 2.45) is 0 Å². The zero-order valence-corrected chi connectivity index (χ0v) is 11.5. The molecule has 2 aliphatic rings. The molecule has 1 aromatic rings. The van der Waals surface area contributed by atoms with E-state index >= 15 is 0 Å². The van der Waals surface area contributed by atoms with Crippen molar-refractivity contribution in [2.45, 2.75) is 13.3 Å². The fraction of sp³-hybridized carbons (Fsp3) is 0.176. The quantitative estimate of drug-likeness (QED) is 0.578. The number of ketones is 2. The summed E-state index contributed by atoms with van der Waals surface area (Å²) in [4.78, 5) is 26.7. The van der Waals surface area contributed by atoms with E-state index in [1.165, 1.54) is 5.57 Å². The fourth-order valence-corrected chi connectivity index (χ4v) is 2.62. The Balaban J connectivity index is 2.12. The molecule has 0 saturated heterocycles. The SMILES string of the molecule is CCC1=CN(C)C(=C2C(=O)c3ccccc3C2=O)C=C1. The summed E-state index contributed by atoms with van der Waals surface area (Å²) >= 11 is 0. The minimum absolute atomic E-state index is 0.176. The summed E-state index contributed by atoms with van der Waals surface area (Å²) in [6.07, 6.45) is 6.71. The molecule has 3 rings (SSSR count). The van der Waals surface area contributed by atoms with Crippen LogP contribution in [0.3, 0.4) is 0 Å². The highest BCUT2D eigenvalue weighted by atomic mass is 16.2. The van der Waals surface area contributed by atoms with Crippen LogP contribution in [-0.4, -0.2) is 23.5 Å². The number of likely N-dealkylation sites (N-methyl/N-ethyl adjacent to an activating group) is 1. The van der Waals surface area contributed by atoms with Gasteiger partial charge in [0.2, 0.25) is 0 Å². The van der Waals surface area contributed by atoms with E-state index in [2.05, 4.69) is 6.92 Å². The van der Waals surface area contributed by atoms with Crippen LogP contribution in [0.2, 0.25) is 0 Å². The van der Waals surface area contributed by atoms with Gasteiger partial charge < -0.3 is 4.90 Å². The molecule has 0 fully saturated rings. The summed E-state index contributed by atoms with van der Waals surface area (Å²) < 4.78 is 0. The molecule has 0 saturated carbocycles. The number of Topliss-reactive ketones (excluding diaryl/α,β-unsaturated/α-hetero) is 2. The summed E-state index contributed by atoms with van der Waals surface area (Å²) in [5, 5.41) is 0. The van der Waals surface area contributed by atoms with E-state index in [4.69, 9.17) is 0 Å². The van der Waals surface area contributed by atoms with Crippen LogP contribution in [0.15, 0.2) is 59.5 Å². The topological polar surface area (TPSA) is 37.4 Å². The zero-order chi connectivity index (χ0) is 14.3. The minimum Gasteiger partial charge on any atom is -0.350 e. The van der Waals surface area contributed by atoms with Crippen molar-refractivity contribution >= 4 is 11.6 Å². The van der Waals surface area contributed by atoms with E-state index in [0.717, 1.165) is 6.42 Å². The van der Waals surface area contributed by atoms with E-state index in [-0.39, 0.29) is 17.1 Å². The Morgan fingerprint density at radius 3 is 2.10 bits per heavy atom. The second kappa shape index (κ2) is 4.60. The number of hydrogen-bond acceptors (Lipinski definition) is 3. The summed E-state index contributed by atoms with van der Waals surface area (Å²) in [7, 11) is 1.87. The molecule has 100 valence electrons. The number of hydrogen-bond donors (Lipinski definition) is 0. The molecule has 3 heteroatoms. The minimum atomic E-state index is -0.176. The summed E-state index contributed by atoms with van der Waals surface area (Å²) in [6, 6.07) is 6.99. The lowest BCUT2D eigenvalue weighted by molar-refractivity contribution is 0.0985. The van der Waals surface area contributed by atoms with Gasteiger partial charge in [0.05, 0.1) is 11.3 Å². The van der Waals surface area contributed by atoms with Gasteiger partial charge in [-0.1, -0.05) is 37.3 Å². The van der Waals surface area contributed by atoms with Gasteiger partial charge in [-0.15, -0.1) is 0 Å². The maximum Gasteiger partial charge on any atom is 0.199 e. The molecule has 1 aromatic carbocycles. The predicted octanol–water partition coefficient (Wildman–Crippen LogP) is 3.12. The highest BCUT2D eigenvalue weighted by molar-refractivity contribution is 6.39. The number of allylic oxidation sites excluding steroid dienone is 4. The molecular formula is C17H15NO2. The Hall–Kier alpha value is -2.42. The Kier molecular flexibility index (Phi) is 2.90. The number of fused-ring (bicyclic) bond motifs is 1. The molecule has 1 heterocycles. The lowest BCUT2D eigenvalue weighted by Crippen LogP contribution is -2.18. The number of rotatable bonds is 1. The number of carbonyl (C=O) groups excluding carboxylic acids is 2. The van der Waals surface area contributed by atoms with Crippen LogP contribution in [0.4, 0.5) is 0 Å². The van der Waals surface area contributed by atoms with Crippen LogP contribution in [0.1, 0.15) is 34.1 Å². The highest BCUT2D eigenvalue weighted by Gasteiger charge is 2.35. The first-order valence-electron chi connectivity index (χ1n) is 6.67. The van der Waals surface area contributed by atoms with E-state index in [1.807, 2.05) is 30.3 Å². The van der Waals surface area contributed by atoms with Gasteiger partial charge in [-0.2, -0.15) is 0 Å². The van der Waals surface area contributed by atoms with E-state index in [9.17, 15) is 9.59 Å². The first kappa shape index (κ1) is 12.6. The Bertz CT molecular complexity index is 670. The Morgan fingerprint density at radius 1 is 1.00 bits per heavy atom. The van der Waals surface area contributed by atoms with E-state index in [0.29, 0.717) is 16.8 Å². The van der Waals surface area contributed by atoms with Crippen molar-refractivity contribution < 1.29 is 9.59 Å². The molecule has 0 bridgehead atoms. The standard InChI is InChI=1S/C17H15NO2/c1-3-11-8-9-14(18(2)10-11)15-16(19)12-6-4-5-7-13(12)17(15)20/h4-10H,3H2,1-2H3. The van der Waals surface area contributed by atoms with Crippen LogP contribution in [0.5, 0.6) is 0 Å². The third-order valence-corrected chi connectivity index (χ3v) is 3.73. The summed E-state index contributed by atoms with van der Waals surface area (Å²) in [5.41, 5.74) is 3.14. The van der Waals surface area contributed by atoms with Crippen LogP contribution in [0, 0.1) is 0 Å². The van der Waals surface area contributed by atoms with Gasteiger partial charge in [-0.25, -0.2) is 0 Å². The van der Waals surface area contributed by atoms with Crippen molar-refractivity contribution in [3.63, 3.8) is 0 Å². The molecule has 0 aromatic heterocycles. The molecular weight excluding hydrogens is 250 g/mol. The molecule has 0 amide bonds. The van der Waals surface area contributed by atoms with Gasteiger partial charge >= 0.3 is 0 Å². The van der Waals surface area contributed by atoms with Crippen LogP contribution < -0.4 is 0 Å². The van der Waals surface area contributed by atoms with Crippen molar-refractivity contribution in [3.8, 4) is 0 Å². The second-order valence-electron chi connectivity index (χ2n) is 4.97. The average molecular weight is 265 g/mol. The average Bonchev–Trinajstić information content (AvgIpc) is 2.72. The van der Waals surface area contributed by atoms with Crippen LogP contribution >= 0.6 is 0 Å². The summed E-state index contributed by atoms with van der Waals surface area (Å²) in [5.74, 6) is -0.351. The smallest absolute Gasteiger partial charge is 0.199 e. The van der Waals surface area contributed by atoms with Gasteiger partial charge in [0.25, 0.3) is 0 Å². The van der Waals surface area contributed by atoms with E-state index in [1.54, 1.807) is 24.3 Å². The maximum atomic E-state index is 12.4. The van der Waals surface area contributed by atoms with Gasteiger partial charge in [0, 0.05) is 24.4 Å². The second-order valence-corrected chi connectivity index (χ2v) is 4.97. The number of benzene rings is 1. The van der Waals surface area contributed by atoms with Crippen molar-refractivity contribution in [2.75, 3.05) is 7.05 Å². The highest BCUT2D eigenvalue weighted by Crippen LogP contribution is 2.31. The van der Waals surface area contributed by atoms with Crippen LogP contribution in [0.25, 0.3) is 0 Å². The van der Waals surface area contributed by atoms with Gasteiger partial charge in [0.15, 0.2) is 11.6 Å². The van der Waals surface area contributed by atoms with Crippen LogP contribution in [-0.2, 0) is 0 Å². The van der Waals surface area contributed by atoms with Gasteiger partial charge in [-0.3, -0.25) is 9.59 Å². The number of carbonyl (C=O) groups is 2. The normalized spacial score (nSPS) is 17.7. The zero-order valence-electron chi connectivity index (χ0n) is 11.5. The lowest BCUT2D eigenvalue weighted by atomic mass is 10.0. The Morgan fingerprint density at radius 2 is 1.60 bits per heavy atom. The lowest BCUT2D eigenvalue weighted by Gasteiger charge is -2.22. The molecule has 1 aliphatic heterocycles. The Labute approximate surface area is 117 Å². The molecule has 0 atom stereocenters. The van der Waals surface area contributed by atoms with Crippen molar-refractivity contribution in [1.29, 1.82) is 0 Å². The maximum absolute atomic E-state index is 12.4. The first-order valence-corrected chi connectivity index (χ1v) is 6.67. The summed E-state index contributed by atoms with van der Waals surface area (Å²) in [6.45, 7) is 2.07. The van der Waals surface area contributed by atoms with Crippen molar-refractivity contribution in [1.82, 2.24) is 4.90 Å². The van der Waals surface area contributed by atoms with Gasteiger partial charge in [0.1, 0.15) is 0 Å². The molecule has 20 heavy (non-hydrogen) atoms. The molecule has 0 N–H and O–H groups in total. The van der Waals surface area contributed by atoms with Crippen molar-refractivity contribution in [3.05, 3.63) is 70.6 Å². The van der Waals surface area contributed by atoms with E-state index < -0.39 is 0 Å². The molecule has 0 radical (unpaired) electrons. The first-order chi connectivity index (χ1) is 9.63. The molecule has 1 aliphatic carbocycles. The molecule has 0 unspecified atom stereocenters. The third-order valence-electron chi connectivity index (χ3n) is 3.73. The third kappa shape index (κ3) is 1.74. The molecule has 3 nitrogen and oxygen atoms in total. The monoisotopic (exact) mass is 265 g/mol. The largest absolute Gasteiger partial charge is 0.350 e. The predicted molar refractivity (Wildman–Crippen MR) is 77.4 cm³/mol. The number of nitrogens with zero attached hydrogens (tertiary/aromatic N) is 1. The van der Waals surface area contributed by atoms with Gasteiger partial charge in [-0.05, 0) is 18.1 Å². The molecule has 0 spiro atoms.